The average molecular weight is 657 g/mol. The highest BCUT2D eigenvalue weighted by Crippen LogP contribution is 2.62. The Kier molecular flexibility index (Phi) is 7.92. The standard InChI is InChI=1S/C33H52N2O6Si3/c1-9-10-12-20-15-22-17-24(20)28-26(22)30(36)34(32(28)38)19-35-31(37)27-23-16-21(25(18-23)29(27)33(35)39)13-11-14-43(5,6)41-44(7,8)40-42(2,3)4/h15-16,22-25,36-39H,9-14,17-19H2,1-8H3. The topological polar surface area (TPSA) is 109 Å². The number of nitrogens with zero attached hydrogens (tertiary/aromatic N) is 2. The third kappa shape index (κ3) is 5.46. The molecule has 0 amide bonds. The van der Waals surface area contributed by atoms with Crippen LogP contribution in [0.4, 0.5) is 0 Å². The van der Waals surface area contributed by atoms with E-state index in [1.807, 2.05) is 0 Å². The molecule has 4 unspecified atom stereocenters. The quantitative estimate of drug-likeness (QED) is 0.127. The van der Waals surface area contributed by atoms with Gasteiger partial charge in [0.05, 0.1) is 0 Å². The van der Waals surface area contributed by atoms with Crippen molar-refractivity contribution in [3.05, 3.63) is 45.6 Å². The Morgan fingerprint density at radius 1 is 0.682 bits per heavy atom. The SMILES string of the molecule is CCCCC1=CC2CC1c1c2c(O)n(Cn2c(O)c3c(c2O)C2CC3C=C2CCC[Si](C)(C)O[Si](C)(C)O[Si](C)(C)C)c1O. The van der Waals surface area contributed by atoms with E-state index in [0.29, 0.717) is 0 Å². The maximum absolute atomic E-state index is 11.5. The van der Waals surface area contributed by atoms with E-state index >= 15 is 0 Å². The zero-order valence-corrected chi connectivity index (χ0v) is 30.8. The van der Waals surface area contributed by atoms with Crippen LogP contribution in [0.2, 0.25) is 51.9 Å². The zero-order chi connectivity index (χ0) is 31.9. The molecule has 242 valence electrons. The van der Waals surface area contributed by atoms with Crippen molar-refractivity contribution < 1.29 is 28.7 Å². The molecule has 2 aromatic rings. The lowest BCUT2D eigenvalue weighted by molar-refractivity contribution is 0.314. The summed E-state index contributed by atoms with van der Waals surface area (Å²) in [5, 5.41) is 45.3. The highest BCUT2D eigenvalue weighted by Gasteiger charge is 2.47. The number of rotatable bonds is 13. The predicted octanol–water partition coefficient (Wildman–Crippen LogP) is 8.39. The number of aromatic hydroxyl groups is 4. The van der Waals surface area contributed by atoms with Crippen LogP contribution >= 0.6 is 0 Å². The lowest BCUT2D eigenvalue weighted by atomic mass is 9.90. The molecule has 0 saturated heterocycles. The van der Waals surface area contributed by atoms with E-state index in [4.69, 9.17) is 8.23 Å². The number of fused-ring (bicyclic) bond motifs is 10. The minimum absolute atomic E-state index is 0.0363. The number of aromatic nitrogens is 2. The average Bonchev–Trinajstić information content (AvgIpc) is 3.72. The molecule has 2 aromatic heterocycles. The molecule has 4 aliphatic carbocycles. The molecule has 8 nitrogen and oxygen atoms in total. The van der Waals surface area contributed by atoms with Gasteiger partial charge in [0.25, 0.3) is 0 Å². The van der Waals surface area contributed by atoms with Crippen LogP contribution in [0.15, 0.2) is 23.3 Å². The minimum atomic E-state index is -2.18. The monoisotopic (exact) mass is 656 g/mol. The number of hydrogen-bond donors (Lipinski definition) is 4. The van der Waals surface area contributed by atoms with Crippen LogP contribution in [-0.2, 0) is 14.9 Å². The van der Waals surface area contributed by atoms with Gasteiger partial charge in [-0.25, -0.2) is 0 Å². The van der Waals surface area contributed by atoms with Crippen LogP contribution in [0, 0.1) is 0 Å². The summed E-state index contributed by atoms with van der Waals surface area (Å²) in [6.07, 6.45) is 11.6. The molecule has 0 spiro atoms. The Hall–Kier alpha value is -2.19. The summed E-state index contributed by atoms with van der Waals surface area (Å²) in [6.45, 7) is 17.7. The normalized spacial score (nSPS) is 23.8. The smallest absolute Gasteiger partial charge is 0.311 e. The van der Waals surface area contributed by atoms with Crippen LogP contribution in [0.5, 0.6) is 23.5 Å². The number of allylic oxidation sites excluding steroid dienone is 4. The first-order chi connectivity index (χ1) is 20.5. The van der Waals surface area contributed by atoms with Crippen molar-refractivity contribution in [2.24, 2.45) is 0 Å². The second kappa shape index (κ2) is 11.0. The summed E-state index contributed by atoms with van der Waals surface area (Å²) >= 11 is 0. The Balaban J connectivity index is 1.14. The van der Waals surface area contributed by atoms with Gasteiger partial charge in [-0.15, -0.1) is 0 Å². The first-order valence-corrected chi connectivity index (χ1v) is 26.0. The molecule has 4 aliphatic rings. The molecule has 2 heterocycles. The van der Waals surface area contributed by atoms with Gasteiger partial charge in [-0.2, -0.15) is 0 Å². The lowest BCUT2D eigenvalue weighted by Gasteiger charge is -2.37. The molecular weight excluding hydrogens is 605 g/mol. The van der Waals surface area contributed by atoms with Gasteiger partial charge in [0, 0.05) is 45.9 Å². The number of unbranched alkanes of at least 4 members (excludes halogenated alkanes) is 1. The molecule has 0 aromatic carbocycles. The van der Waals surface area contributed by atoms with E-state index in [1.54, 1.807) is 0 Å². The number of hydrogen-bond acceptors (Lipinski definition) is 6. The predicted molar refractivity (Wildman–Crippen MR) is 181 cm³/mol. The van der Waals surface area contributed by atoms with Gasteiger partial charge in [0.1, 0.15) is 6.67 Å². The fourth-order valence-electron chi connectivity index (χ4n) is 8.89. The third-order valence-corrected chi connectivity index (χ3v) is 20.3. The Bertz CT molecular complexity index is 1530. The molecule has 6 rings (SSSR count). The molecule has 0 saturated carbocycles. The van der Waals surface area contributed by atoms with E-state index in [-0.39, 0.29) is 53.9 Å². The summed E-state index contributed by atoms with van der Waals surface area (Å²) < 4.78 is 16.1. The second-order valence-corrected chi connectivity index (χ2v) is 28.3. The van der Waals surface area contributed by atoms with E-state index < -0.39 is 25.2 Å². The van der Waals surface area contributed by atoms with Gasteiger partial charge in [-0.05, 0) is 90.4 Å². The summed E-state index contributed by atoms with van der Waals surface area (Å²) in [4.78, 5) is 0. The van der Waals surface area contributed by atoms with Crippen molar-refractivity contribution in [1.29, 1.82) is 0 Å². The summed E-state index contributed by atoms with van der Waals surface area (Å²) in [7, 11) is -5.75. The van der Waals surface area contributed by atoms with Gasteiger partial charge in [-0.1, -0.05) is 36.6 Å². The van der Waals surface area contributed by atoms with Crippen LogP contribution in [0.3, 0.4) is 0 Å². The van der Waals surface area contributed by atoms with E-state index in [9.17, 15) is 20.4 Å². The minimum Gasteiger partial charge on any atom is -0.494 e. The lowest BCUT2D eigenvalue weighted by Crippen LogP contribution is -2.51. The summed E-state index contributed by atoms with van der Waals surface area (Å²) in [5.41, 5.74) is 5.95. The molecule has 0 aliphatic heterocycles. The Morgan fingerprint density at radius 2 is 1.14 bits per heavy atom. The zero-order valence-electron chi connectivity index (χ0n) is 27.8. The van der Waals surface area contributed by atoms with Crippen molar-refractivity contribution >= 4 is 25.2 Å². The van der Waals surface area contributed by atoms with E-state index in [0.717, 1.165) is 73.2 Å². The second-order valence-electron chi connectivity index (χ2n) is 15.7. The molecule has 0 fully saturated rings. The van der Waals surface area contributed by atoms with Gasteiger partial charge in [0.15, 0.2) is 40.2 Å². The van der Waals surface area contributed by atoms with Crippen molar-refractivity contribution in [1.82, 2.24) is 9.13 Å². The first-order valence-electron chi connectivity index (χ1n) is 16.6. The van der Waals surface area contributed by atoms with Crippen LogP contribution in [0.25, 0.3) is 0 Å². The van der Waals surface area contributed by atoms with Crippen molar-refractivity contribution in [2.45, 2.75) is 134 Å². The first kappa shape index (κ1) is 31.8. The molecule has 11 heteroatoms. The highest BCUT2D eigenvalue weighted by atomic mass is 28.5. The van der Waals surface area contributed by atoms with E-state index in [2.05, 4.69) is 64.9 Å². The highest BCUT2D eigenvalue weighted by molar-refractivity contribution is 6.87. The van der Waals surface area contributed by atoms with Crippen molar-refractivity contribution in [3.63, 3.8) is 0 Å². The van der Waals surface area contributed by atoms with Crippen molar-refractivity contribution in [2.75, 3.05) is 0 Å². The fourth-order valence-corrected chi connectivity index (χ4v) is 22.1. The molecule has 4 N–H and O–H groups in total. The van der Waals surface area contributed by atoms with Gasteiger partial charge in [-0.3, -0.25) is 9.13 Å². The van der Waals surface area contributed by atoms with Crippen LogP contribution in [-0.4, -0.2) is 54.8 Å². The van der Waals surface area contributed by atoms with Crippen molar-refractivity contribution in [3.8, 4) is 23.5 Å². The fraction of sp³-hybridized carbons (Fsp3) is 0.636. The molecule has 4 atom stereocenters. The van der Waals surface area contributed by atoms with Crippen LogP contribution in [0.1, 0.15) is 97.8 Å². The molecule has 4 bridgehead atoms. The molecule has 0 radical (unpaired) electrons. The van der Waals surface area contributed by atoms with Crippen LogP contribution < -0.4 is 0 Å². The third-order valence-electron chi connectivity index (χ3n) is 10.1. The van der Waals surface area contributed by atoms with Gasteiger partial charge < -0.3 is 28.7 Å². The Labute approximate surface area is 265 Å². The summed E-state index contributed by atoms with van der Waals surface area (Å²) in [6, 6.07) is 1.05. The van der Waals surface area contributed by atoms with E-state index in [1.165, 1.54) is 20.3 Å². The van der Waals surface area contributed by atoms with Gasteiger partial charge >= 0.3 is 8.56 Å². The molecule has 44 heavy (non-hydrogen) atoms. The van der Waals surface area contributed by atoms with Gasteiger partial charge in [0.2, 0.25) is 0 Å². The maximum atomic E-state index is 11.5. The molecular formula is C33H52N2O6Si3. The largest absolute Gasteiger partial charge is 0.494 e. The maximum Gasteiger partial charge on any atom is 0.311 e. The summed E-state index contributed by atoms with van der Waals surface area (Å²) in [5.74, 6) is 0.607. The Morgan fingerprint density at radius 3 is 1.59 bits per heavy atom.